The van der Waals surface area contributed by atoms with Crippen LogP contribution in [0.5, 0.6) is 0 Å². The highest BCUT2D eigenvalue weighted by atomic mass is 16.5. The van der Waals surface area contributed by atoms with Crippen LogP contribution < -0.4 is 10.6 Å². The Kier molecular flexibility index (Phi) is 5.64. The molecule has 6 nitrogen and oxygen atoms in total. The lowest BCUT2D eigenvalue weighted by atomic mass is 10.1. The summed E-state index contributed by atoms with van der Waals surface area (Å²) in [7, 11) is 1.60. The molecule has 3 N–H and O–H groups in total. The number of fused-ring (bicyclic) bond motifs is 1. The molecule has 3 aromatic rings. The van der Waals surface area contributed by atoms with E-state index in [9.17, 15) is 4.79 Å². The molecule has 1 amide bonds. The van der Waals surface area contributed by atoms with Crippen LogP contribution in [0.1, 0.15) is 15.9 Å². The number of aromatic nitrogens is 2. The zero-order valence-corrected chi connectivity index (χ0v) is 14.2. The van der Waals surface area contributed by atoms with E-state index >= 15 is 0 Å². The predicted molar refractivity (Wildman–Crippen MR) is 98.9 cm³/mol. The predicted octanol–water partition coefficient (Wildman–Crippen LogP) is 2.59. The first-order valence-corrected chi connectivity index (χ1v) is 8.30. The van der Waals surface area contributed by atoms with Crippen molar-refractivity contribution in [3.63, 3.8) is 0 Å². The lowest BCUT2D eigenvalue weighted by Gasteiger charge is -2.07. The number of rotatable bonds is 8. The normalized spacial score (nSPS) is 10.8. The fourth-order valence-electron chi connectivity index (χ4n) is 2.67. The van der Waals surface area contributed by atoms with Crippen molar-refractivity contribution in [2.24, 2.45) is 0 Å². The molecule has 3 rings (SSSR count). The number of H-pyrrole nitrogens is 1. The van der Waals surface area contributed by atoms with Crippen molar-refractivity contribution in [2.45, 2.75) is 6.42 Å². The van der Waals surface area contributed by atoms with Crippen LogP contribution in [0.3, 0.4) is 0 Å². The fourth-order valence-corrected chi connectivity index (χ4v) is 2.67. The Morgan fingerprint density at radius 2 is 2.08 bits per heavy atom. The summed E-state index contributed by atoms with van der Waals surface area (Å²) in [6.07, 6.45) is 4.52. The summed E-state index contributed by atoms with van der Waals surface area (Å²) in [5, 5.41) is 7.31. The molecular weight excluding hydrogens is 316 g/mol. The highest BCUT2D eigenvalue weighted by molar-refractivity contribution is 5.94. The Morgan fingerprint density at radius 3 is 2.88 bits per heavy atom. The lowest BCUT2D eigenvalue weighted by Crippen LogP contribution is -2.27. The van der Waals surface area contributed by atoms with Gasteiger partial charge in [-0.15, -0.1) is 0 Å². The number of anilines is 1. The van der Waals surface area contributed by atoms with Crippen molar-refractivity contribution in [3.05, 3.63) is 59.9 Å². The molecule has 1 aromatic carbocycles. The molecule has 0 saturated carbocycles. The number of carbonyl (C=O) groups excluding carboxylic acids is 1. The number of nitrogens with zero attached hydrogens (tertiary/aromatic N) is 1. The van der Waals surface area contributed by atoms with Crippen LogP contribution in [0.2, 0.25) is 0 Å². The van der Waals surface area contributed by atoms with Gasteiger partial charge in [-0.2, -0.15) is 0 Å². The maximum Gasteiger partial charge on any atom is 0.252 e. The number of methoxy groups -OCH3 is 1. The van der Waals surface area contributed by atoms with Crippen molar-refractivity contribution in [1.29, 1.82) is 0 Å². The maximum atomic E-state index is 11.9. The highest BCUT2D eigenvalue weighted by Gasteiger charge is 2.06. The second-order valence-electron chi connectivity index (χ2n) is 5.72. The number of hydrogen-bond acceptors (Lipinski definition) is 4. The van der Waals surface area contributed by atoms with E-state index in [4.69, 9.17) is 4.74 Å². The Balaban J connectivity index is 1.51. The van der Waals surface area contributed by atoms with Gasteiger partial charge in [-0.05, 0) is 30.2 Å². The van der Waals surface area contributed by atoms with Crippen molar-refractivity contribution in [1.82, 2.24) is 15.3 Å². The Morgan fingerprint density at radius 1 is 1.20 bits per heavy atom. The standard InChI is InChI=1S/C19H22N4O2/c1-25-11-10-21-19(24)15-6-7-18(23-13-15)20-9-8-14-12-22-17-5-3-2-4-16(14)17/h2-7,12-13,22H,8-11H2,1H3,(H,20,23)(H,21,24). The van der Waals surface area contributed by atoms with E-state index in [2.05, 4.69) is 32.7 Å². The largest absolute Gasteiger partial charge is 0.383 e. The lowest BCUT2D eigenvalue weighted by molar-refractivity contribution is 0.0937. The molecule has 25 heavy (non-hydrogen) atoms. The van der Waals surface area contributed by atoms with E-state index in [0.717, 1.165) is 24.3 Å². The number of pyridine rings is 1. The van der Waals surface area contributed by atoms with Crippen molar-refractivity contribution in [2.75, 3.05) is 32.1 Å². The van der Waals surface area contributed by atoms with E-state index < -0.39 is 0 Å². The average molecular weight is 338 g/mol. The third-order valence-corrected chi connectivity index (χ3v) is 3.99. The molecule has 0 aliphatic carbocycles. The topological polar surface area (TPSA) is 79.0 Å². The summed E-state index contributed by atoms with van der Waals surface area (Å²) in [5.41, 5.74) is 2.97. The number of nitrogens with one attached hydrogen (secondary N) is 3. The van der Waals surface area contributed by atoms with Gasteiger partial charge in [0, 0.05) is 43.5 Å². The first kappa shape index (κ1) is 17.0. The number of benzene rings is 1. The monoisotopic (exact) mass is 338 g/mol. The van der Waals surface area contributed by atoms with Gasteiger partial charge in [0.25, 0.3) is 5.91 Å². The molecule has 0 spiro atoms. The van der Waals surface area contributed by atoms with Gasteiger partial charge in [-0.3, -0.25) is 4.79 Å². The highest BCUT2D eigenvalue weighted by Crippen LogP contribution is 2.18. The number of aromatic amines is 1. The van der Waals surface area contributed by atoms with E-state index in [1.807, 2.05) is 24.4 Å². The van der Waals surface area contributed by atoms with Crippen LogP contribution in [-0.4, -0.2) is 42.7 Å². The smallest absolute Gasteiger partial charge is 0.252 e. The number of ether oxygens (including phenoxy) is 1. The number of para-hydroxylation sites is 1. The fraction of sp³-hybridized carbons (Fsp3) is 0.263. The van der Waals surface area contributed by atoms with Crippen LogP contribution >= 0.6 is 0 Å². The summed E-state index contributed by atoms with van der Waals surface area (Å²) >= 11 is 0. The van der Waals surface area contributed by atoms with Crippen LogP contribution in [0.25, 0.3) is 10.9 Å². The first-order valence-electron chi connectivity index (χ1n) is 8.30. The van der Waals surface area contributed by atoms with Crippen molar-refractivity contribution < 1.29 is 9.53 Å². The zero-order chi connectivity index (χ0) is 17.5. The molecule has 0 unspecified atom stereocenters. The average Bonchev–Trinajstić information content (AvgIpc) is 3.06. The second-order valence-corrected chi connectivity index (χ2v) is 5.72. The van der Waals surface area contributed by atoms with E-state index in [0.29, 0.717) is 18.7 Å². The quantitative estimate of drug-likeness (QED) is 0.552. The Hall–Kier alpha value is -2.86. The molecule has 2 aromatic heterocycles. The molecule has 130 valence electrons. The summed E-state index contributed by atoms with van der Waals surface area (Å²) in [6, 6.07) is 11.9. The number of amides is 1. The van der Waals surface area contributed by atoms with Crippen LogP contribution in [0, 0.1) is 0 Å². The molecular formula is C19H22N4O2. The Labute approximate surface area is 146 Å². The van der Waals surface area contributed by atoms with Gasteiger partial charge in [0.1, 0.15) is 5.82 Å². The maximum absolute atomic E-state index is 11.9. The molecule has 0 radical (unpaired) electrons. The van der Waals surface area contributed by atoms with Gasteiger partial charge in [0.15, 0.2) is 0 Å². The van der Waals surface area contributed by atoms with Gasteiger partial charge in [-0.1, -0.05) is 18.2 Å². The van der Waals surface area contributed by atoms with Crippen LogP contribution in [-0.2, 0) is 11.2 Å². The van der Waals surface area contributed by atoms with Crippen molar-refractivity contribution >= 4 is 22.6 Å². The molecule has 0 aliphatic rings. The van der Waals surface area contributed by atoms with Gasteiger partial charge >= 0.3 is 0 Å². The molecule has 0 aliphatic heterocycles. The van der Waals surface area contributed by atoms with Crippen molar-refractivity contribution in [3.8, 4) is 0 Å². The van der Waals surface area contributed by atoms with E-state index in [-0.39, 0.29) is 5.91 Å². The van der Waals surface area contributed by atoms with Gasteiger partial charge in [-0.25, -0.2) is 4.98 Å². The SMILES string of the molecule is COCCNC(=O)c1ccc(NCCc2c[nH]c3ccccc23)nc1. The third kappa shape index (κ3) is 4.36. The van der Waals surface area contributed by atoms with E-state index in [1.54, 1.807) is 19.4 Å². The van der Waals surface area contributed by atoms with E-state index in [1.165, 1.54) is 10.9 Å². The van der Waals surface area contributed by atoms with Crippen LogP contribution in [0.15, 0.2) is 48.8 Å². The minimum Gasteiger partial charge on any atom is -0.383 e. The summed E-state index contributed by atoms with van der Waals surface area (Å²) in [4.78, 5) is 19.5. The molecule has 0 bridgehead atoms. The van der Waals surface area contributed by atoms with Gasteiger partial charge < -0.3 is 20.4 Å². The second kappa shape index (κ2) is 8.30. The summed E-state index contributed by atoms with van der Waals surface area (Å²) in [5.74, 6) is 0.614. The van der Waals surface area contributed by atoms with Gasteiger partial charge in [0.2, 0.25) is 0 Å². The number of carbonyl (C=O) groups is 1. The van der Waals surface area contributed by atoms with Crippen LogP contribution in [0.4, 0.5) is 5.82 Å². The number of hydrogen-bond donors (Lipinski definition) is 3. The summed E-state index contributed by atoms with van der Waals surface area (Å²) in [6.45, 7) is 1.75. The molecule has 0 saturated heterocycles. The Bertz CT molecular complexity index is 827. The first-order chi connectivity index (χ1) is 12.3. The summed E-state index contributed by atoms with van der Waals surface area (Å²) < 4.78 is 4.91. The third-order valence-electron chi connectivity index (χ3n) is 3.99. The minimum absolute atomic E-state index is 0.144. The molecule has 6 heteroatoms. The zero-order valence-electron chi connectivity index (χ0n) is 14.2. The minimum atomic E-state index is -0.144. The molecule has 2 heterocycles. The molecule has 0 fully saturated rings. The molecule has 0 atom stereocenters. The van der Waals surface area contributed by atoms with Gasteiger partial charge in [0.05, 0.1) is 12.2 Å².